The van der Waals surface area contributed by atoms with Crippen LogP contribution in [0.5, 0.6) is 0 Å². The summed E-state index contributed by atoms with van der Waals surface area (Å²) in [5, 5.41) is 13.3. The molecule has 1 aliphatic carbocycles. The fourth-order valence-corrected chi connectivity index (χ4v) is 4.54. The topological polar surface area (TPSA) is 82.5 Å². The SMILES string of the molecule is CCC(=O)NC1CCC(/C(CC)=N\N=C\C(C)c2ccc(-c3ccc4[nH]ccc4c3)nc2)C1. The third kappa shape index (κ3) is 5.56. The minimum absolute atomic E-state index is 0.126. The van der Waals surface area contributed by atoms with Crippen molar-refractivity contribution >= 4 is 28.7 Å². The second-order valence-electron chi connectivity index (χ2n) is 8.88. The van der Waals surface area contributed by atoms with Crippen molar-refractivity contribution in [1.29, 1.82) is 0 Å². The Labute approximate surface area is 195 Å². The minimum atomic E-state index is 0.126. The molecule has 4 rings (SSSR count). The summed E-state index contributed by atoms with van der Waals surface area (Å²) in [6, 6.07) is 12.9. The highest BCUT2D eigenvalue weighted by atomic mass is 16.1. The summed E-state index contributed by atoms with van der Waals surface area (Å²) >= 11 is 0. The first kappa shape index (κ1) is 22.9. The molecule has 2 aromatic heterocycles. The third-order valence-electron chi connectivity index (χ3n) is 6.59. The Morgan fingerprint density at radius 2 is 2.09 bits per heavy atom. The zero-order chi connectivity index (χ0) is 23.2. The van der Waals surface area contributed by atoms with Crippen LogP contribution in [0.4, 0.5) is 0 Å². The Morgan fingerprint density at radius 1 is 1.21 bits per heavy atom. The molecule has 6 nitrogen and oxygen atoms in total. The van der Waals surface area contributed by atoms with Gasteiger partial charge in [-0.15, -0.1) is 0 Å². The molecule has 33 heavy (non-hydrogen) atoms. The number of pyridine rings is 1. The van der Waals surface area contributed by atoms with Gasteiger partial charge in [0.15, 0.2) is 0 Å². The van der Waals surface area contributed by atoms with E-state index in [1.54, 1.807) is 0 Å². The van der Waals surface area contributed by atoms with Crippen LogP contribution in [0.25, 0.3) is 22.2 Å². The van der Waals surface area contributed by atoms with Crippen LogP contribution in [0.3, 0.4) is 0 Å². The van der Waals surface area contributed by atoms with Gasteiger partial charge in [-0.2, -0.15) is 10.2 Å². The zero-order valence-corrected chi connectivity index (χ0v) is 19.7. The van der Waals surface area contributed by atoms with Crippen molar-refractivity contribution in [3.8, 4) is 11.3 Å². The van der Waals surface area contributed by atoms with Gasteiger partial charge in [0.2, 0.25) is 5.91 Å². The molecule has 1 amide bonds. The zero-order valence-electron chi connectivity index (χ0n) is 19.7. The molecule has 172 valence electrons. The quantitative estimate of drug-likeness (QED) is 0.337. The van der Waals surface area contributed by atoms with Gasteiger partial charge in [-0.05, 0) is 55.5 Å². The Hall–Kier alpha value is -3.28. The maximum atomic E-state index is 11.7. The van der Waals surface area contributed by atoms with Gasteiger partial charge in [-0.3, -0.25) is 9.78 Å². The van der Waals surface area contributed by atoms with E-state index >= 15 is 0 Å². The maximum Gasteiger partial charge on any atom is 0.219 e. The molecule has 0 saturated heterocycles. The Bertz CT molecular complexity index is 1140. The van der Waals surface area contributed by atoms with E-state index in [4.69, 9.17) is 0 Å². The first-order chi connectivity index (χ1) is 16.1. The molecule has 0 spiro atoms. The van der Waals surface area contributed by atoms with Crippen molar-refractivity contribution in [3.05, 3.63) is 54.4 Å². The summed E-state index contributed by atoms with van der Waals surface area (Å²) in [7, 11) is 0. The number of carbonyl (C=O) groups excluding carboxylic acids is 1. The van der Waals surface area contributed by atoms with E-state index in [0.29, 0.717) is 12.3 Å². The van der Waals surface area contributed by atoms with E-state index in [1.807, 2.05) is 25.5 Å². The van der Waals surface area contributed by atoms with Crippen LogP contribution in [0.15, 0.2) is 59.0 Å². The van der Waals surface area contributed by atoms with Crippen LogP contribution in [0.1, 0.15) is 64.4 Å². The lowest BCUT2D eigenvalue weighted by atomic mass is 9.99. The first-order valence-electron chi connectivity index (χ1n) is 12.0. The highest BCUT2D eigenvalue weighted by molar-refractivity contribution is 5.87. The minimum Gasteiger partial charge on any atom is -0.361 e. The van der Waals surface area contributed by atoms with Crippen molar-refractivity contribution in [1.82, 2.24) is 15.3 Å². The van der Waals surface area contributed by atoms with Gasteiger partial charge in [-0.1, -0.05) is 32.9 Å². The van der Waals surface area contributed by atoms with E-state index in [-0.39, 0.29) is 17.9 Å². The van der Waals surface area contributed by atoms with Gasteiger partial charge in [0, 0.05) is 65.1 Å². The van der Waals surface area contributed by atoms with Crippen LogP contribution in [-0.4, -0.2) is 33.8 Å². The predicted octanol–water partition coefficient (Wildman–Crippen LogP) is 5.87. The third-order valence-corrected chi connectivity index (χ3v) is 6.59. The summed E-state index contributed by atoms with van der Waals surface area (Å²) in [5.41, 5.74) is 5.44. The molecule has 1 saturated carbocycles. The van der Waals surface area contributed by atoms with Crippen LogP contribution in [0, 0.1) is 5.92 Å². The second-order valence-corrected chi connectivity index (χ2v) is 8.88. The number of H-pyrrole nitrogens is 1. The number of nitrogens with zero attached hydrogens (tertiary/aromatic N) is 3. The number of aromatic nitrogens is 2. The number of fused-ring (bicyclic) bond motifs is 1. The summed E-state index contributed by atoms with van der Waals surface area (Å²) in [4.78, 5) is 19.6. The Balaban J connectivity index is 1.37. The largest absolute Gasteiger partial charge is 0.361 e. The first-order valence-corrected chi connectivity index (χ1v) is 12.0. The highest BCUT2D eigenvalue weighted by Gasteiger charge is 2.28. The molecule has 1 aromatic carbocycles. The lowest BCUT2D eigenvalue weighted by Crippen LogP contribution is -2.32. The second kappa shape index (κ2) is 10.6. The maximum absolute atomic E-state index is 11.7. The fourth-order valence-electron chi connectivity index (χ4n) is 4.54. The smallest absolute Gasteiger partial charge is 0.219 e. The molecular formula is C27H33N5O. The normalized spacial score (nSPS) is 19.9. The van der Waals surface area contributed by atoms with Crippen molar-refractivity contribution in [2.75, 3.05) is 0 Å². The molecule has 3 aromatic rings. The molecule has 3 atom stereocenters. The van der Waals surface area contributed by atoms with Gasteiger partial charge < -0.3 is 10.3 Å². The van der Waals surface area contributed by atoms with Crippen LogP contribution in [-0.2, 0) is 4.79 Å². The summed E-state index contributed by atoms with van der Waals surface area (Å²) in [5.74, 6) is 0.663. The Kier molecular flexibility index (Phi) is 7.33. The average molecular weight is 444 g/mol. The van der Waals surface area contributed by atoms with Gasteiger partial charge in [-0.25, -0.2) is 0 Å². The number of nitrogens with one attached hydrogen (secondary N) is 2. The lowest BCUT2D eigenvalue weighted by Gasteiger charge is -2.13. The lowest BCUT2D eigenvalue weighted by molar-refractivity contribution is -0.121. The molecule has 2 heterocycles. The standard InChI is InChI=1S/C27H33N5O/c1-4-24(20-6-9-23(15-20)31-27(33)5-2)32-30-16-18(3)22-8-11-26(29-17-22)19-7-10-25-21(14-19)12-13-28-25/h7-8,10-14,16-18,20,23,28H,4-6,9,15H2,1-3H3,(H,31,33)/b30-16+,32-24-. The molecule has 6 heteroatoms. The number of amides is 1. The van der Waals surface area contributed by atoms with E-state index in [2.05, 4.69) is 75.7 Å². The molecule has 3 unspecified atom stereocenters. The number of carbonyl (C=O) groups is 1. The molecule has 1 aliphatic rings. The monoisotopic (exact) mass is 443 g/mol. The summed E-state index contributed by atoms with van der Waals surface area (Å²) in [6.07, 6.45) is 10.2. The van der Waals surface area contributed by atoms with Crippen LogP contribution in [0.2, 0.25) is 0 Å². The van der Waals surface area contributed by atoms with Crippen molar-refractivity contribution in [3.63, 3.8) is 0 Å². The number of hydrogen-bond donors (Lipinski definition) is 2. The molecule has 1 fully saturated rings. The van der Waals surface area contributed by atoms with Gasteiger partial charge >= 0.3 is 0 Å². The molecule has 0 aliphatic heterocycles. The molecule has 0 bridgehead atoms. The molecule has 0 radical (unpaired) electrons. The van der Waals surface area contributed by atoms with E-state index in [9.17, 15) is 4.79 Å². The molecule has 2 N–H and O–H groups in total. The number of aromatic amines is 1. The van der Waals surface area contributed by atoms with Crippen molar-refractivity contribution in [2.45, 2.75) is 64.8 Å². The Morgan fingerprint density at radius 3 is 2.85 bits per heavy atom. The summed E-state index contributed by atoms with van der Waals surface area (Å²) in [6.45, 7) is 6.13. The number of rotatable bonds is 8. The fraction of sp³-hybridized carbons (Fsp3) is 0.407. The van der Waals surface area contributed by atoms with E-state index in [0.717, 1.165) is 53.7 Å². The molecular weight excluding hydrogens is 410 g/mol. The van der Waals surface area contributed by atoms with Crippen LogP contribution < -0.4 is 5.32 Å². The highest BCUT2D eigenvalue weighted by Crippen LogP contribution is 2.28. The van der Waals surface area contributed by atoms with Crippen molar-refractivity contribution < 1.29 is 4.79 Å². The van der Waals surface area contributed by atoms with Gasteiger partial charge in [0.05, 0.1) is 5.69 Å². The van der Waals surface area contributed by atoms with Gasteiger partial charge in [0.1, 0.15) is 0 Å². The van der Waals surface area contributed by atoms with E-state index in [1.165, 1.54) is 5.39 Å². The van der Waals surface area contributed by atoms with Crippen molar-refractivity contribution in [2.24, 2.45) is 16.1 Å². The van der Waals surface area contributed by atoms with E-state index < -0.39 is 0 Å². The predicted molar refractivity (Wildman–Crippen MR) is 136 cm³/mol. The number of benzene rings is 1. The summed E-state index contributed by atoms with van der Waals surface area (Å²) < 4.78 is 0. The number of hydrogen-bond acceptors (Lipinski definition) is 4. The van der Waals surface area contributed by atoms with Gasteiger partial charge in [0.25, 0.3) is 0 Å². The average Bonchev–Trinajstić information content (AvgIpc) is 3.50. The van der Waals surface area contributed by atoms with Crippen LogP contribution >= 0.6 is 0 Å².